The molecule has 0 saturated carbocycles. The van der Waals surface area contributed by atoms with Crippen molar-refractivity contribution >= 4 is 5.91 Å². The standard InChI is InChI=1S/C14H19F2NO2/c1-9(2)12(18)8-17-13(19)7-6-10-4-3-5-11(15)14(10)16/h3-5,9,12,18H,6-8H2,1-2H3,(H,17,19). The third kappa shape index (κ3) is 4.95. The topological polar surface area (TPSA) is 49.3 Å². The third-order valence-corrected chi connectivity index (χ3v) is 2.93. The predicted molar refractivity (Wildman–Crippen MR) is 68.5 cm³/mol. The number of aliphatic hydroxyl groups is 1. The van der Waals surface area contributed by atoms with Gasteiger partial charge in [0, 0.05) is 13.0 Å². The highest BCUT2D eigenvalue weighted by atomic mass is 19.2. The molecule has 2 N–H and O–H groups in total. The van der Waals surface area contributed by atoms with E-state index in [4.69, 9.17) is 0 Å². The highest BCUT2D eigenvalue weighted by Crippen LogP contribution is 2.13. The normalized spacial score (nSPS) is 12.5. The van der Waals surface area contributed by atoms with Crippen molar-refractivity contribution in [3.63, 3.8) is 0 Å². The molecule has 1 aromatic rings. The van der Waals surface area contributed by atoms with Crippen molar-refractivity contribution in [3.8, 4) is 0 Å². The minimum atomic E-state index is -0.909. The van der Waals surface area contributed by atoms with Crippen LogP contribution in [0.1, 0.15) is 25.8 Å². The van der Waals surface area contributed by atoms with Crippen molar-refractivity contribution in [2.24, 2.45) is 5.92 Å². The number of rotatable bonds is 6. The van der Waals surface area contributed by atoms with Crippen LogP contribution in [0, 0.1) is 17.6 Å². The molecule has 1 amide bonds. The van der Waals surface area contributed by atoms with Gasteiger partial charge in [0.1, 0.15) is 0 Å². The molecular formula is C14H19F2NO2. The lowest BCUT2D eigenvalue weighted by molar-refractivity contribution is -0.121. The summed E-state index contributed by atoms with van der Waals surface area (Å²) >= 11 is 0. The van der Waals surface area contributed by atoms with E-state index in [2.05, 4.69) is 5.32 Å². The molecule has 0 spiro atoms. The molecular weight excluding hydrogens is 252 g/mol. The largest absolute Gasteiger partial charge is 0.391 e. The Morgan fingerprint density at radius 3 is 2.68 bits per heavy atom. The molecule has 19 heavy (non-hydrogen) atoms. The van der Waals surface area contributed by atoms with Gasteiger partial charge in [-0.25, -0.2) is 8.78 Å². The lowest BCUT2D eigenvalue weighted by Crippen LogP contribution is -2.34. The van der Waals surface area contributed by atoms with Gasteiger partial charge in [0.2, 0.25) is 5.91 Å². The number of nitrogens with one attached hydrogen (secondary N) is 1. The molecule has 0 aliphatic carbocycles. The van der Waals surface area contributed by atoms with Crippen molar-refractivity contribution in [1.82, 2.24) is 5.32 Å². The molecule has 0 radical (unpaired) electrons. The van der Waals surface area contributed by atoms with Crippen LogP contribution in [0.25, 0.3) is 0 Å². The molecule has 1 rings (SSSR count). The summed E-state index contributed by atoms with van der Waals surface area (Å²) in [6, 6.07) is 3.90. The van der Waals surface area contributed by atoms with Gasteiger partial charge in [0.15, 0.2) is 11.6 Å². The van der Waals surface area contributed by atoms with Gasteiger partial charge in [-0.05, 0) is 24.0 Å². The number of aliphatic hydroxyl groups excluding tert-OH is 1. The summed E-state index contributed by atoms with van der Waals surface area (Å²) in [5, 5.41) is 12.1. The van der Waals surface area contributed by atoms with E-state index in [1.807, 2.05) is 13.8 Å². The first-order valence-electron chi connectivity index (χ1n) is 6.29. The summed E-state index contributed by atoms with van der Waals surface area (Å²) in [4.78, 5) is 11.5. The number of carbonyl (C=O) groups excluding carboxylic acids is 1. The quantitative estimate of drug-likeness (QED) is 0.831. The van der Waals surface area contributed by atoms with E-state index in [0.29, 0.717) is 0 Å². The van der Waals surface area contributed by atoms with E-state index >= 15 is 0 Å². The molecule has 1 atom stereocenters. The predicted octanol–water partition coefficient (Wildman–Crippen LogP) is 2.03. The van der Waals surface area contributed by atoms with Crippen LogP contribution in [0.4, 0.5) is 8.78 Å². The summed E-state index contributed by atoms with van der Waals surface area (Å²) in [5.41, 5.74) is 0.180. The van der Waals surface area contributed by atoms with Crippen LogP contribution in [0.15, 0.2) is 18.2 Å². The van der Waals surface area contributed by atoms with Crippen LogP contribution in [-0.2, 0) is 11.2 Å². The van der Waals surface area contributed by atoms with Gasteiger partial charge in [-0.3, -0.25) is 4.79 Å². The van der Waals surface area contributed by atoms with Crippen molar-refractivity contribution in [1.29, 1.82) is 0 Å². The lowest BCUT2D eigenvalue weighted by Gasteiger charge is -2.15. The van der Waals surface area contributed by atoms with Crippen molar-refractivity contribution in [3.05, 3.63) is 35.4 Å². The Morgan fingerprint density at radius 2 is 2.05 bits per heavy atom. The maximum absolute atomic E-state index is 13.3. The Hall–Kier alpha value is -1.49. The molecule has 1 unspecified atom stereocenters. The average Bonchev–Trinajstić information content (AvgIpc) is 2.37. The number of halogens is 2. The zero-order valence-electron chi connectivity index (χ0n) is 11.1. The van der Waals surface area contributed by atoms with E-state index in [0.717, 1.165) is 6.07 Å². The van der Waals surface area contributed by atoms with Crippen LogP contribution < -0.4 is 5.32 Å². The summed E-state index contributed by atoms with van der Waals surface area (Å²) in [5.74, 6) is -2.05. The van der Waals surface area contributed by atoms with E-state index in [1.54, 1.807) is 0 Å². The maximum atomic E-state index is 13.3. The van der Waals surface area contributed by atoms with Crippen molar-refractivity contribution < 1.29 is 18.7 Å². The van der Waals surface area contributed by atoms with Crippen molar-refractivity contribution in [2.45, 2.75) is 32.8 Å². The average molecular weight is 271 g/mol. The fourth-order valence-corrected chi connectivity index (χ4v) is 1.53. The Morgan fingerprint density at radius 1 is 1.37 bits per heavy atom. The van der Waals surface area contributed by atoms with Crippen LogP contribution in [0.5, 0.6) is 0 Å². The number of benzene rings is 1. The molecule has 1 aromatic carbocycles. The first-order valence-corrected chi connectivity index (χ1v) is 6.29. The second-order valence-corrected chi connectivity index (χ2v) is 4.83. The summed E-state index contributed by atoms with van der Waals surface area (Å²) in [6.07, 6.45) is -0.409. The van der Waals surface area contributed by atoms with Crippen molar-refractivity contribution in [2.75, 3.05) is 6.54 Å². The fourth-order valence-electron chi connectivity index (χ4n) is 1.53. The molecule has 0 aliphatic rings. The Labute approximate surface area is 111 Å². The van der Waals surface area contributed by atoms with Gasteiger partial charge in [-0.15, -0.1) is 0 Å². The zero-order chi connectivity index (χ0) is 14.4. The Kier molecular flexibility index (Phi) is 5.89. The Bertz CT molecular complexity index is 435. The zero-order valence-corrected chi connectivity index (χ0v) is 11.1. The number of carbonyl (C=O) groups is 1. The number of hydrogen-bond acceptors (Lipinski definition) is 2. The van der Waals surface area contributed by atoms with Gasteiger partial charge in [0.05, 0.1) is 6.10 Å². The minimum absolute atomic E-state index is 0.0564. The first-order chi connectivity index (χ1) is 8.91. The van der Waals surface area contributed by atoms with E-state index in [9.17, 15) is 18.7 Å². The molecule has 5 heteroatoms. The Balaban J connectivity index is 2.40. The summed E-state index contributed by atoms with van der Waals surface area (Å²) in [6.45, 7) is 3.86. The highest BCUT2D eigenvalue weighted by Gasteiger charge is 2.12. The lowest BCUT2D eigenvalue weighted by atomic mass is 10.1. The van der Waals surface area contributed by atoms with E-state index in [1.165, 1.54) is 12.1 Å². The molecule has 0 bridgehead atoms. The van der Waals surface area contributed by atoms with Gasteiger partial charge in [-0.2, -0.15) is 0 Å². The van der Waals surface area contributed by atoms with Gasteiger partial charge >= 0.3 is 0 Å². The van der Waals surface area contributed by atoms with Gasteiger partial charge < -0.3 is 10.4 Å². The van der Waals surface area contributed by atoms with Gasteiger partial charge in [0.25, 0.3) is 0 Å². The fraction of sp³-hybridized carbons (Fsp3) is 0.500. The maximum Gasteiger partial charge on any atom is 0.220 e. The van der Waals surface area contributed by atoms with E-state index in [-0.39, 0.29) is 36.8 Å². The molecule has 0 fully saturated rings. The molecule has 0 heterocycles. The molecule has 3 nitrogen and oxygen atoms in total. The number of hydrogen-bond donors (Lipinski definition) is 2. The number of aryl methyl sites for hydroxylation is 1. The van der Waals surface area contributed by atoms with Gasteiger partial charge in [-0.1, -0.05) is 26.0 Å². The first kappa shape index (κ1) is 15.6. The number of amides is 1. The highest BCUT2D eigenvalue weighted by molar-refractivity contribution is 5.76. The van der Waals surface area contributed by atoms with Crippen LogP contribution in [0.2, 0.25) is 0 Å². The van der Waals surface area contributed by atoms with Crippen LogP contribution >= 0.6 is 0 Å². The SMILES string of the molecule is CC(C)C(O)CNC(=O)CCc1cccc(F)c1F. The van der Waals surface area contributed by atoms with Crippen LogP contribution in [0.3, 0.4) is 0 Å². The second-order valence-electron chi connectivity index (χ2n) is 4.83. The second kappa shape index (κ2) is 7.19. The monoisotopic (exact) mass is 271 g/mol. The molecule has 0 aliphatic heterocycles. The molecule has 0 aromatic heterocycles. The summed E-state index contributed by atoms with van der Waals surface area (Å²) < 4.78 is 26.3. The smallest absolute Gasteiger partial charge is 0.220 e. The minimum Gasteiger partial charge on any atom is -0.391 e. The van der Waals surface area contributed by atoms with Crippen LogP contribution in [-0.4, -0.2) is 23.7 Å². The summed E-state index contributed by atoms with van der Waals surface area (Å²) in [7, 11) is 0. The third-order valence-electron chi connectivity index (χ3n) is 2.93. The molecule has 0 saturated heterocycles. The van der Waals surface area contributed by atoms with E-state index < -0.39 is 17.7 Å². The molecule has 106 valence electrons.